The third-order valence-electron chi connectivity index (χ3n) is 5.12. The summed E-state index contributed by atoms with van der Waals surface area (Å²) in [4.78, 5) is 37.3. The quantitative estimate of drug-likeness (QED) is 0.809. The summed E-state index contributed by atoms with van der Waals surface area (Å²) in [5, 5.41) is 0. The number of hydrogen-bond donors (Lipinski definition) is 2. The first-order chi connectivity index (χ1) is 11.6. The number of amides is 1. The third kappa shape index (κ3) is 2.36. The van der Waals surface area contributed by atoms with Crippen molar-refractivity contribution in [3.8, 4) is 0 Å². The van der Waals surface area contributed by atoms with Crippen LogP contribution < -0.4 is 11.3 Å². The maximum absolute atomic E-state index is 12.8. The lowest BCUT2D eigenvalue weighted by atomic mass is 9.77. The van der Waals surface area contributed by atoms with Gasteiger partial charge in [0.05, 0.1) is 5.69 Å². The first kappa shape index (κ1) is 14.9. The first-order valence-electron chi connectivity index (χ1n) is 8.18. The molecular weight excluding hydrogens is 306 g/mol. The Morgan fingerprint density at radius 2 is 2.21 bits per heavy atom. The van der Waals surface area contributed by atoms with Gasteiger partial charge in [-0.15, -0.1) is 0 Å². The number of nitrogens with one attached hydrogen (secondary N) is 1. The molecule has 7 nitrogen and oxygen atoms in total. The molecule has 2 aliphatic rings. The van der Waals surface area contributed by atoms with Crippen LogP contribution in [0.5, 0.6) is 0 Å². The van der Waals surface area contributed by atoms with Crippen LogP contribution in [0, 0.1) is 0 Å². The number of anilines is 1. The number of H-pyrrole nitrogens is 1. The number of rotatable bonds is 1. The largest absolute Gasteiger partial charge is 0.368 e. The Bertz CT molecular complexity index is 858. The molecule has 1 fully saturated rings. The highest BCUT2D eigenvalue weighted by Gasteiger charge is 2.44. The van der Waals surface area contributed by atoms with Crippen molar-refractivity contribution in [3.05, 3.63) is 51.7 Å². The number of aromatic nitrogens is 3. The number of carbonyl (C=O) groups is 1. The average Bonchev–Trinajstić information content (AvgIpc) is 2.92. The Balaban J connectivity index is 1.65. The highest BCUT2D eigenvalue weighted by molar-refractivity contribution is 5.92. The second-order valence-electron chi connectivity index (χ2n) is 6.64. The molecule has 1 aliphatic heterocycles. The molecule has 3 N–H and O–H groups in total. The number of piperidine rings is 1. The second-order valence-corrected chi connectivity index (χ2v) is 6.64. The molecule has 7 heteroatoms. The van der Waals surface area contributed by atoms with Crippen LogP contribution in [0.3, 0.4) is 0 Å². The number of pyridine rings is 1. The van der Waals surface area contributed by atoms with Gasteiger partial charge in [0, 0.05) is 30.8 Å². The number of fused-ring (bicyclic) bond motifs is 2. The van der Waals surface area contributed by atoms with E-state index in [0.29, 0.717) is 18.8 Å². The fourth-order valence-electron chi connectivity index (χ4n) is 4.00. The average molecular weight is 325 g/mol. The predicted octanol–water partition coefficient (Wildman–Crippen LogP) is 0.867. The number of nitrogens with two attached hydrogens (primary N) is 1. The minimum atomic E-state index is -0.265. The summed E-state index contributed by atoms with van der Waals surface area (Å²) in [6.07, 6.45) is 5.58. The molecule has 0 saturated carbocycles. The van der Waals surface area contributed by atoms with Crippen LogP contribution in [0.1, 0.15) is 41.0 Å². The molecule has 1 amide bonds. The number of nitrogens with zero attached hydrogens (tertiary/aromatic N) is 3. The van der Waals surface area contributed by atoms with Crippen LogP contribution in [0.2, 0.25) is 0 Å². The lowest BCUT2D eigenvalue weighted by molar-refractivity contribution is 0.0627. The van der Waals surface area contributed by atoms with Crippen molar-refractivity contribution < 1.29 is 4.79 Å². The summed E-state index contributed by atoms with van der Waals surface area (Å²) in [5.74, 6) is 0.146. The van der Waals surface area contributed by atoms with Crippen LogP contribution in [0.4, 0.5) is 5.95 Å². The lowest BCUT2D eigenvalue weighted by Crippen LogP contribution is -2.48. The van der Waals surface area contributed by atoms with E-state index in [4.69, 9.17) is 5.73 Å². The van der Waals surface area contributed by atoms with Crippen LogP contribution in [0.25, 0.3) is 0 Å². The number of aryl methyl sites for hydroxylation is 1. The van der Waals surface area contributed by atoms with Crippen molar-refractivity contribution in [3.63, 3.8) is 0 Å². The summed E-state index contributed by atoms with van der Waals surface area (Å²) in [6, 6.07) is 4.65. The van der Waals surface area contributed by atoms with E-state index in [0.717, 1.165) is 36.9 Å². The highest BCUT2D eigenvalue weighted by Crippen LogP contribution is 2.44. The molecule has 1 unspecified atom stereocenters. The summed E-state index contributed by atoms with van der Waals surface area (Å²) in [6.45, 7) is 1.29. The van der Waals surface area contributed by atoms with Gasteiger partial charge in [-0.2, -0.15) is 0 Å². The molecule has 1 saturated heterocycles. The van der Waals surface area contributed by atoms with Crippen molar-refractivity contribution in [2.45, 2.75) is 31.1 Å². The van der Waals surface area contributed by atoms with E-state index in [1.54, 1.807) is 12.1 Å². The second kappa shape index (κ2) is 5.43. The SMILES string of the molecule is Nc1ncc2c(n1)C1(CCCN(C(=O)c3cccc(=O)[nH]3)C1)CC2. The van der Waals surface area contributed by atoms with Crippen LogP contribution in [-0.2, 0) is 11.8 Å². The highest BCUT2D eigenvalue weighted by atomic mass is 16.2. The zero-order valence-corrected chi connectivity index (χ0v) is 13.3. The normalized spacial score (nSPS) is 22.6. The standard InChI is InChI=1S/C17H19N5O2/c18-16-19-9-11-5-7-17(14(11)21-16)6-2-8-22(10-17)15(24)12-3-1-4-13(23)20-12/h1,3-4,9H,2,5-8,10H2,(H,20,23)(H2,18,19,21). The van der Waals surface area contributed by atoms with E-state index in [1.165, 1.54) is 6.07 Å². The van der Waals surface area contributed by atoms with Gasteiger partial charge in [0.15, 0.2) is 0 Å². The lowest BCUT2D eigenvalue weighted by Gasteiger charge is -2.40. The maximum Gasteiger partial charge on any atom is 0.270 e. The van der Waals surface area contributed by atoms with Crippen molar-refractivity contribution in [2.24, 2.45) is 0 Å². The molecule has 4 rings (SSSR count). The smallest absolute Gasteiger partial charge is 0.270 e. The van der Waals surface area contributed by atoms with Crippen LogP contribution in [-0.4, -0.2) is 38.8 Å². The van der Waals surface area contributed by atoms with Crippen molar-refractivity contribution >= 4 is 11.9 Å². The third-order valence-corrected chi connectivity index (χ3v) is 5.12. The molecule has 24 heavy (non-hydrogen) atoms. The van der Waals surface area contributed by atoms with Gasteiger partial charge in [-0.1, -0.05) is 6.07 Å². The van der Waals surface area contributed by atoms with E-state index < -0.39 is 0 Å². The number of aromatic amines is 1. The molecule has 2 aromatic rings. The number of likely N-dealkylation sites (tertiary alicyclic amines) is 1. The fraction of sp³-hybridized carbons (Fsp3) is 0.412. The molecule has 1 atom stereocenters. The molecular formula is C17H19N5O2. The van der Waals surface area contributed by atoms with E-state index in [2.05, 4.69) is 15.0 Å². The van der Waals surface area contributed by atoms with E-state index >= 15 is 0 Å². The monoisotopic (exact) mass is 325 g/mol. The van der Waals surface area contributed by atoms with Crippen LogP contribution in [0.15, 0.2) is 29.2 Å². The molecule has 1 spiro atoms. The van der Waals surface area contributed by atoms with Gasteiger partial charge in [-0.05, 0) is 37.3 Å². The Hall–Kier alpha value is -2.70. The van der Waals surface area contributed by atoms with Gasteiger partial charge in [-0.3, -0.25) is 9.59 Å². The summed E-state index contributed by atoms with van der Waals surface area (Å²) >= 11 is 0. The Morgan fingerprint density at radius 3 is 3.04 bits per heavy atom. The van der Waals surface area contributed by atoms with Gasteiger partial charge in [0.2, 0.25) is 11.5 Å². The number of nitrogen functional groups attached to an aromatic ring is 1. The molecule has 1 aliphatic carbocycles. The molecule has 0 radical (unpaired) electrons. The van der Waals surface area contributed by atoms with Gasteiger partial charge >= 0.3 is 0 Å². The molecule has 0 bridgehead atoms. The molecule has 3 heterocycles. The van der Waals surface area contributed by atoms with Gasteiger partial charge in [0.1, 0.15) is 5.69 Å². The summed E-state index contributed by atoms with van der Waals surface area (Å²) in [5.41, 5.74) is 7.83. The minimum Gasteiger partial charge on any atom is -0.368 e. The zero-order valence-electron chi connectivity index (χ0n) is 13.3. The topological polar surface area (TPSA) is 105 Å². The van der Waals surface area contributed by atoms with Crippen LogP contribution >= 0.6 is 0 Å². The van der Waals surface area contributed by atoms with Gasteiger partial charge < -0.3 is 15.6 Å². The van der Waals surface area contributed by atoms with E-state index in [9.17, 15) is 9.59 Å². The zero-order chi connectivity index (χ0) is 16.7. The molecule has 0 aromatic carbocycles. The van der Waals surface area contributed by atoms with Gasteiger partial charge in [-0.25, -0.2) is 9.97 Å². The Kier molecular flexibility index (Phi) is 3.37. The minimum absolute atomic E-state index is 0.137. The van der Waals surface area contributed by atoms with Crippen molar-refractivity contribution in [2.75, 3.05) is 18.8 Å². The predicted molar refractivity (Wildman–Crippen MR) is 88.6 cm³/mol. The molecule has 124 valence electrons. The van der Waals surface area contributed by atoms with Gasteiger partial charge in [0.25, 0.3) is 5.91 Å². The van der Waals surface area contributed by atoms with E-state index in [-0.39, 0.29) is 22.8 Å². The Labute approximate surface area is 138 Å². The summed E-state index contributed by atoms with van der Waals surface area (Å²) in [7, 11) is 0. The molecule has 2 aromatic heterocycles. The first-order valence-corrected chi connectivity index (χ1v) is 8.18. The van der Waals surface area contributed by atoms with E-state index in [1.807, 2.05) is 11.1 Å². The summed E-state index contributed by atoms with van der Waals surface area (Å²) < 4.78 is 0. The fourth-order valence-corrected chi connectivity index (χ4v) is 4.00. The Morgan fingerprint density at radius 1 is 1.33 bits per heavy atom. The number of hydrogen-bond acceptors (Lipinski definition) is 5. The number of carbonyl (C=O) groups excluding carboxylic acids is 1. The van der Waals surface area contributed by atoms with Crippen molar-refractivity contribution in [1.82, 2.24) is 19.9 Å². The van der Waals surface area contributed by atoms with Crippen molar-refractivity contribution in [1.29, 1.82) is 0 Å². The maximum atomic E-state index is 12.8.